The Morgan fingerprint density at radius 3 is 2.00 bits per heavy atom. The van der Waals surface area contributed by atoms with Crippen LogP contribution in [0.4, 0.5) is 5.69 Å². The van der Waals surface area contributed by atoms with E-state index >= 15 is 0 Å². The summed E-state index contributed by atoms with van der Waals surface area (Å²) in [7, 11) is 3.81. The van der Waals surface area contributed by atoms with Gasteiger partial charge in [-0.3, -0.25) is 14.3 Å². The summed E-state index contributed by atoms with van der Waals surface area (Å²) in [5.41, 5.74) is 8.47. The number of imidazole rings is 1. The van der Waals surface area contributed by atoms with E-state index < -0.39 is 0 Å². The van der Waals surface area contributed by atoms with Crippen molar-refractivity contribution in [3.63, 3.8) is 0 Å². The van der Waals surface area contributed by atoms with Crippen LogP contribution in [0.5, 0.6) is 0 Å². The van der Waals surface area contributed by atoms with Gasteiger partial charge in [-0.25, -0.2) is 4.98 Å². The molecule has 1 saturated carbocycles. The maximum atomic E-state index is 10.1. The Balaban J connectivity index is 0.000000751. The van der Waals surface area contributed by atoms with E-state index in [0.29, 0.717) is 12.3 Å². The van der Waals surface area contributed by atoms with E-state index in [-0.39, 0.29) is 31.3 Å². The molecule has 0 radical (unpaired) electrons. The monoisotopic (exact) mass is 643 g/mol. The quantitative estimate of drug-likeness (QED) is 0.1000. The average Bonchev–Trinajstić information content (AvgIpc) is 3.27. The summed E-state index contributed by atoms with van der Waals surface area (Å²) in [6.07, 6.45) is 7.60. The van der Waals surface area contributed by atoms with Crippen molar-refractivity contribution in [3.05, 3.63) is 91.1 Å². The predicted molar refractivity (Wildman–Crippen MR) is 180 cm³/mol. The summed E-state index contributed by atoms with van der Waals surface area (Å²) in [6, 6.07) is 23.7. The minimum atomic E-state index is -0.250. The number of hydrogen-bond donors (Lipinski definition) is 4. The second kappa shape index (κ2) is 21.6. The minimum Gasteiger partial charge on any atom is -0.483 e. The second-order valence-electron chi connectivity index (χ2n) is 10.2. The van der Waals surface area contributed by atoms with E-state index in [1.54, 1.807) is 7.05 Å². The van der Waals surface area contributed by atoms with E-state index in [2.05, 4.69) is 103 Å². The summed E-state index contributed by atoms with van der Waals surface area (Å²) in [5, 5.41) is 9.48. The molecule has 43 heavy (non-hydrogen) atoms. The van der Waals surface area contributed by atoms with Gasteiger partial charge in [0.2, 0.25) is 6.41 Å². The maximum Gasteiger partial charge on any atom is 0.290 e. The zero-order valence-corrected chi connectivity index (χ0v) is 28.4. The third kappa shape index (κ3) is 12.6. The summed E-state index contributed by atoms with van der Waals surface area (Å²) in [5.74, 6) is 2.37. The molecule has 0 aliphatic heterocycles. The smallest absolute Gasteiger partial charge is 0.290 e. The first-order chi connectivity index (χ1) is 19.8. The molecule has 0 saturated heterocycles. The van der Waals surface area contributed by atoms with Crippen molar-refractivity contribution in [2.75, 3.05) is 12.4 Å². The van der Waals surface area contributed by atoms with E-state index in [1.807, 2.05) is 24.3 Å². The summed E-state index contributed by atoms with van der Waals surface area (Å²) >= 11 is 3.54. The molecule has 1 aromatic heterocycles. The number of fused-ring (bicyclic) bond motifs is 1. The molecule has 0 atom stereocenters. The van der Waals surface area contributed by atoms with E-state index in [9.17, 15) is 4.79 Å². The SMILES string of the molecule is CC(C)c1ccc(NC=O)cc1.CNS.Cc1nc2cc(-c3ccc(C4CCCCC4)cc3)ccc2n1C.O=CO.[CH3-].[Cr]. The maximum absolute atomic E-state index is 10.1. The van der Waals surface area contributed by atoms with Crippen LogP contribution in [0.25, 0.3) is 22.2 Å². The molecule has 234 valence electrons. The van der Waals surface area contributed by atoms with Crippen molar-refractivity contribution in [2.24, 2.45) is 7.05 Å². The third-order valence-electron chi connectivity index (χ3n) is 7.23. The number of thiol groups is 1. The van der Waals surface area contributed by atoms with Gasteiger partial charge in [0.15, 0.2) is 0 Å². The van der Waals surface area contributed by atoms with Gasteiger partial charge in [-0.15, -0.1) is 0 Å². The van der Waals surface area contributed by atoms with Crippen LogP contribution >= 0.6 is 12.8 Å². The number of nitrogens with zero attached hydrogens (tertiary/aromatic N) is 2. The van der Waals surface area contributed by atoms with Gasteiger partial charge in [0.25, 0.3) is 6.47 Å². The molecule has 0 spiro atoms. The predicted octanol–water partition coefficient (Wildman–Crippen LogP) is 8.17. The molecule has 3 aromatic carbocycles. The molecule has 3 N–H and O–H groups in total. The largest absolute Gasteiger partial charge is 0.483 e. The average molecular weight is 644 g/mol. The van der Waals surface area contributed by atoms with Crippen LogP contribution in [-0.2, 0) is 34.0 Å². The molecule has 1 fully saturated rings. The van der Waals surface area contributed by atoms with Gasteiger partial charge in [0, 0.05) is 30.1 Å². The standard InChI is InChI=1S/C21H24N2.C10H13NO.CH5NS.CH2O2.CH3.Cr/c1-15-22-20-14-19(12-13-21(20)23(15)2)18-10-8-17(9-11-18)16-6-4-3-5-7-16;1-8(2)9-3-5-10(6-4-9)11-7-12;1-2-3;2-1-3;;/h8-14,16H,3-7H2,1-2H3;3-8H,1-2H3,(H,11,12);2-3H,1H3;1H,(H,2,3);1H3;/q;;;;-1;. The first-order valence-corrected chi connectivity index (χ1v) is 14.5. The van der Waals surface area contributed by atoms with Crippen molar-refractivity contribution < 1.29 is 32.1 Å². The van der Waals surface area contributed by atoms with E-state index in [1.165, 1.54) is 59.9 Å². The first-order valence-electron chi connectivity index (χ1n) is 14.0. The van der Waals surface area contributed by atoms with Crippen LogP contribution in [0, 0.1) is 14.4 Å². The zero-order valence-electron chi connectivity index (χ0n) is 26.2. The molecule has 4 aromatic rings. The Morgan fingerprint density at radius 1 is 0.953 bits per heavy atom. The fourth-order valence-corrected chi connectivity index (χ4v) is 4.92. The number of aryl methyl sites for hydroxylation is 2. The number of benzene rings is 3. The minimum absolute atomic E-state index is 0. The summed E-state index contributed by atoms with van der Waals surface area (Å²) in [6.45, 7) is 6.09. The van der Waals surface area contributed by atoms with Crippen molar-refractivity contribution >= 4 is 42.4 Å². The van der Waals surface area contributed by atoms with Crippen molar-refractivity contribution in [2.45, 2.75) is 64.7 Å². The first kappa shape index (κ1) is 39.9. The van der Waals surface area contributed by atoms with E-state index in [0.717, 1.165) is 22.9 Å². The van der Waals surface area contributed by atoms with Crippen LogP contribution < -0.4 is 10.0 Å². The molecule has 0 bridgehead atoms. The molecule has 5 rings (SSSR count). The number of aromatic nitrogens is 2. The Morgan fingerprint density at radius 2 is 1.49 bits per heavy atom. The molecule has 1 heterocycles. The molecule has 9 heteroatoms. The Hall–Kier alpha value is -3.09. The van der Waals surface area contributed by atoms with Gasteiger partial charge in [0.05, 0.1) is 11.0 Å². The van der Waals surface area contributed by atoms with Gasteiger partial charge in [-0.2, -0.15) is 0 Å². The van der Waals surface area contributed by atoms with Crippen LogP contribution in [0.3, 0.4) is 0 Å². The molecule has 1 aliphatic carbocycles. The zero-order chi connectivity index (χ0) is 30.2. The molecule has 7 nitrogen and oxygen atoms in total. The van der Waals surface area contributed by atoms with Crippen LogP contribution in [-0.4, -0.2) is 34.6 Å². The normalized spacial score (nSPS) is 12.1. The van der Waals surface area contributed by atoms with Crippen molar-refractivity contribution in [1.29, 1.82) is 0 Å². The summed E-state index contributed by atoms with van der Waals surface area (Å²) in [4.78, 5) is 23.1. The van der Waals surface area contributed by atoms with Crippen molar-refractivity contribution in [3.8, 4) is 11.1 Å². The van der Waals surface area contributed by atoms with E-state index in [4.69, 9.17) is 9.90 Å². The fourth-order valence-electron chi connectivity index (χ4n) is 4.92. The number of nitrogens with one attached hydrogen (secondary N) is 2. The number of amides is 1. The van der Waals surface area contributed by atoms with Gasteiger partial charge in [0.1, 0.15) is 5.82 Å². The van der Waals surface area contributed by atoms with Gasteiger partial charge in [-0.1, -0.05) is 88.4 Å². The fraction of sp³-hybridized carbons (Fsp3) is 0.353. The topological polar surface area (TPSA) is 96.3 Å². The molecule has 0 unspecified atom stereocenters. The Bertz CT molecular complexity index is 1340. The van der Waals surface area contributed by atoms with Crippen LogP contribution in [0.2, 0.25) is 0 Å². The third-order valence-corrected chi connectivity index (χ3v) is 7.23. The summed E-state index contributed by atoms with van der Waals surface area (Å²) < 4.78 is 4.59. The Labute approximate surface area is 274 Å². The number of rotatable bonds is 5. The Kier molecular flexibility index (Phi) is 20.0. The molecular weight excluding hydrogens is 596 g/mol. The second-order valence-corrected chi connectivity index (χ2v) is 10.7. The van der Waals surface area contributed by atoms with Gasteiger partial charge >= 0.3 is 0 Å². The van der Waals surface area contributed by atoms with Crippen LogP contribution in [0.15, 0.2) is 66.7 Å². The molecule has 1 amide bonds. The van der Waals surface area contributed by atoms with Crippen LogP contribution in [0.1, 0.15) is 74.7 Å². The van der Waals surface area contributed by atoms with Gasteiger partial charge in [-0.05, 0) is 85.2 Å². The number of carboxylic acid groups (broad SMARTS) is 1. The molecule has 1 aliphatic rings. The number of carbonyl (C=O) groups excluding carboxylic acids is 1. The number of anilines is 1. The number of carbonyl (C=O) groups is 2. The molecular formula is C34H47CrN4O3S-. The van der Waals surface area contributed by atoms with Crippen molar-refractivity contribution in [1.82, 2.24) is 14.3 Å². The van der Waals surface area contributed by atoms with Gasteiger partial charge < -0.3 is 22.4 Å². The number of hydrogen-bond acceptors (Lipinski definition) is 5.